The van der Waals surface area contributed by atoms with E-state index in [-0.39, 0.29) is 15.5 Å². The van der Waals surface area contributed by atoms with E-state index < -0.39 is 6.05 Å². The summed E-state index contributed by atoms with van der Waals surface area (Å²) >= 11 is 0. The molecule has 0 atom stereocenters. The van der Waals surface area contributed by atoms with Gasteiger partial charge < -0.3 is 4.74 Å². The Kier molecular flexibility index (Phi) is 19.5. The van der Waals surface area contributed by atoms with Gasteiger partial charge in [0.05, 0.1) is 6.61 Å². The third-order valence-electron chi connectivity index (χ3n) is 4.70. The lowest BCUT2D eigenvalue weighted by Gasteiger charge is -2.05. The van der Waals surface area contributed by atoms with Crippen LogP contribution in [0.3, 0.4) is 0 Å². The van der Waals surface area contributed by atoms with E-state index in [0.29, 0.717) is 18.2 Å². The zero-order chi connectivity index (χ0) is 20.2. The van der Waals surface area contributed by atoms with Gasteiger partial charge in [0, 0.05) is 5.57 Å². The number of rotatable bonds is 20. The van der Waals surface area contributed by atoms with Crippen LogP contribution >= 0.6 is 0 Å². The maximum Gasteiger partial charge on any atom is 0.333 e. The lowest BCUT2D eigenvalue weighted by molar-refractivity contribution is -0.139. The van der Waals surface area contributed by atoms with Crippen molar-refractivity contribution in [2.75, 3.05) is 6.61 Å². The van der Waals surface area contributed by atoms with Crippen LogP contribution in [0.5, 0.6) is 0 Å². The summed E-state index contributed by atoms with van der Waals surface area (Å²) in [5, 5.41) is 0. The van der Waals surface area contributed by atoms with Crippen molar-refractivity contribution in [3.63, 3.8) is 0 Å². The Morgan fingerprint density at radius 3 is 1.52 bits per heavy atom. The smallest absolute Gasteiger partial charge is 0.333 e. The minimum Gasteiger partial charge on any atom is -0.462 e. The number of unbranched alkanes of at least 4 members (excludes halogenated alkanes) is 14. The first kappa shape index (κ1) is 26.3. The largest absolute Gasteiger partial charge is 0.462 e. The molecule has 0 amide bonds. The summed E-state index contributed by atoms with van der Waals surface area (Å²) in [4.78, 5) is 11.2. The summed E-state index contributed by atoms with van der Waals surface area (Å²) in [6.07, 6.45) is 18.4. The van der Waals surface area contributed by atoms with Crippen LogP contribution in [-0.2, 0) is 9.53 Å². The minimum absolute atomic E-state index is 0.157. The molecule has 2 nitrogen and oxygen atoms in total. The van der Waals surface area contributed by atoms with Crippen LogP contribution in [-0.4, -0.2) is 28.1 Å². The first-order chi connectivity index (χ1) is 13.0. The molecular formula is C22H40F2O2Si. The first-order valence-electron chi connectivity index (χ1n) is 10.9. The molecule has 0 N–H and O–H groups in total. The minimum atomic E-state index is -2.09. The van der Waals surface area contributed by atoms with E-state index in [0.717, 1.165) is 25.7 Å². The number of ether oxygens (including phenoxy) is 1. The highest BCUT2D eigenvalue weighted by molar-refractivity contribution is 6.36. The van der Waals surface area contributed by atoms with Gasteiger partial charge in [-0.15, -0.1) is 0 Å². The van der Waals surface area contributed by atoms with Gasteiger partial charge in [-0.2, -0.15) is 0 Å². The molecule has 0 aromatic heterocycles. The average Bonchev–Trinajstić information content (AvgIpc) is 2.63. The molecule has 0 bridgehead atoms. The molecule has 0 saturated heterocycles. The van der Waals surface area contributed by atoms with Crippen LogP contribution in [0.4, 0.5) is 8.78 Å². The summed E-state index contributed by atoms with van der Waals surface area (Å²) in [5.41, 5.74) is 0.470. The molecule has 5 heteroatoms. The Hall–Kier alpha value is -0.713. The van der Waals surface area contributed by atoms with E-state index in [1.807, 2.05) is 0 Å². The molecule has 0 rings (SSSR count). The standard InChI is InChI=1S/C22H40F2O2Si/c1-20(2)21(25)26-18-16-14-12-10-8-6-4-3-5-7-9-11-13-15-17-19-27-22(23)24/h22H,1,3-19H2,2H3. The van der Waals surface area contributed by atoms with Gasteiger partial charge in [-0.05, 0) is 13.3 Å². The lowest BCUT2D eigenvalue weighted by atomic mass is 10.0. The van der Waals surface area contributed by atoms with Gasteiger partial charge in [0.15, 0.2) is 0 Å². The second kappa shape index (κ2) is 20.0. The summed E-state index contributed by atoms with van der Waals surface area (Å²) in [6.45, 7) is 5.75. The van der Waals surface area contributed by atoms with Gasteiger partial charge in [0.2, 0.25) is 6.05 Å². The number of carbonyl (C=O) groups excluding carboxylic acids is 1. The zero-order valence-electron chi connectivity index (χ0n) is 17.4. The summed E-state index contributed by atoms with van der Waals surface area (Å²) in [5.74, 6) is -0.278. The van der Waals surface area contributed by atoms with E-state index in [4.69, 9.17) is 4.74 Å². The predicted octanol–water partition coefficient (Wildman–Crippen LogP) is 7.30. The Morgan fingerprint density at radius 1 is 0.778 bits per heavy atom. The molecule has 27 heavy (non-hydrogen) atoms. The van der Waals surface area contributed by atoms with E-state index in [2.05, 4.69) is 6.58 Å². The quantitative estimate of drug-likeness (QED) is 0.0924. The van der Waals surface area contributed by atoms with Crippen molar-refractivity contribution >= 4 is 15.5 Å². The fourth-order valence-electron chi connectivity index (χ4n) is 3.02. The lowest BCUT2D eigenvalue weighted by Crippen LogP contribution is -2.05. The van der Waals surface area contributed by atoms with Gasteiger partial charge >= 0.3 is 5.97 Å². The number of esters is 1. The number of hydrogen-bond acceptors (Lipinski definition) is 2. The summed E-state index contributed by atoms with van der Waals surface area (Å²) in [6, 6.07) is -1.39. The average molecular weight is 403 g/mol. The van der Waals surface area contributed by atoms with Crippen molar-refractivity contribution in [3.05, 3.63) is 12.2 Å². The SMILES string of the molecule is C=C(C)C(=O)OCCCCCCCCCCCCCCCCC[Si]C(F)F. The molecule has 158 valence electrons. The molecule has 2 radical (unpaired) electrons. The van der Waals surface area contributed by atoms with Crippen LogP contribution in [0.1, 0.15) is 103 Å². The Bertz CT molecular complexity index is 362. The molecular weight excluding hydrogens is 362 g/mol. The molecule has 0 aliphatic rings. The maximum atomic E-state index is 12.0. The highest BCUT2D eigenvalue weighted by atomic mass is 28.2. The number of alkyl halides is 2. The van der Waals surface area contributed by atoms with Crippen molar-refractivity contribution in [2.45, 2.75) is 115 Å². The summed E-state index contributed by atoms with van der Waals surface area (Å²) < 4.78 is 29.0. The Balaban J connectivity index is 3.07. The van der Waals surface area contributed by atoms with Crippen molar-refractivity contribution in [2.24, 2.45) is 0 Å². The number of hydrogen-bond donors (Lipinski definition) is 0. The Labute approximate surface area is 168 Å². The molecule has 0 spiro atoms. The third kappa shape index (κ3) is 21.4. The first-order valence-corrected chi connectivity index (χ1v) is 12.2. The van der Waals surface area contributed by atoms with Crippen molar-refractivity contribution in [1.82, 2.24) is 0 Å². The van der Waals surface area contributed by atoms with Crippen LogP contribution in [0.2, 0.25) is 6.04 Å². The van der Waals surface area contributed by atoms with Crippen LogP contribution in [0.25, 0.3) is 0 Å². The monoisotopic (exact) mass is 402 g/mol. The van der Waals surface area contributed by atoms with Gasteiger partial charge in [-0.1, -0.05) is 103 Å². The Morgan fingerprint density at radius 2 is 1.15 bits per heavy atom. The van der Waals surface area contributed by atoms with Crippen molar-refractivity contribution in [1.29, 1.82) is 0 Å². The number of carbonyl (C=O) groups is 1. The van der Waals surface area contributed by atoms with Crippen LogP contribution in [0.15, 0.2) is 12.2 Å². The second-order valence-corrected chi connectivity index (χ2v) is 8.82. The molecule has 0 unspecified atom stereocenters. The zero-order valence-corrected chi connectivity index (χ0v) is 18.4. The normalized spacial score (nSPS) is 11.1. The van der Waals surface area contributed by atoms with E-state index in [1.54, 1.807) is 6.92 Å². The molecule has 0 aliphatic heterocycles. The van der Waals surface area contributed by atoms with E-state index in [1.165, 1.54) is 70.6 Å². The van der Waals surface area contributed by atoms with Crippen molar-refractivity contribution < 1.29 is 18.3 Å². The van der Waals surface area contributed by atoms with E-state index >= 15 is 0 Å². The number of halogens is 2. The molecule has 0 aliphatic carbocycles. The fourth-order valence-corrected chi connectivity index (χ4v) is 3.70. The molecule has 0 aromatic carbocycles. The van der Waals surface area contributed by atoms with Gasteiger partial charge in [-0.3, -0.25) is 0 Å². The molecule has 0 saturated carbocycles. The van der Waals surface area contributed by atoms with E-state index in [9.17, 15) is 13.6 Å². The van der Waals surface area contributed by atoms with Gasteiger partial charge in [0.25, 0.3) is 0 Å². The van der Waals surface area contributed by atoms with Crippen molar-refractivity contribution in [3.8, 4) is 0 Å². The third-order valence-corrected chi connectivity index (χ3v) is 5.65. The van der Waals surface area contributed by atoms with Crippen LogP contribution in [0, 0.1) is 0 Å². The van der Waals surface area contributed by atoms with Crippen LogP contribution < -0.4 is 0 Å². The highest BCUT2D eigenvalue weighted by Crippen LogP contribution is 2.14. The fraction of sp³-hybridized carbons (Fsp3) is 0.864. The maximum absolute atomic E-state index is 12.0. The highest BCUT2D eigenvalue weighted by Gasteiger charge is 2.03. The predicted molar refractivity (Wildman–Crippen MR) is 112 cm³/mol. The van der Waals surface area contributed by atoms with Gasteiger partial charge in [0.1, 0.15) is 9.52 Å². The molecule has 0 aromatic rings. The topological polar surface area (TPSA) is 26.3 Å². The molecule has 0 fully saturated rings. The molecule has 0 heterocycles. The summed E-state index contributed by atoms with van der Waals surface area (Å²) in [7, 11) is -0.157. The second-order valence-electron chi connectivity index (χ2n) is 7.47. The van der Waals surface area contributed by atoms with Gasteiger partial charge in [-0.25, -0.2) is 13.6 Å².